The molecule has 0 radical (unpaired) electrons. The second-order valence-corrected chi connectivity index (χ2v) is 11.4. The normalized spacial score (nSPS) is 22.6. The average Bonchev–Trinajstić information content (AvgIpc) is 3.20. The number of ether oxygens (including phenoxy) is 1. The topological polar surface area (TPSA) is 87.7 Å². The summed E-state index contributed by atoms with van der Waals surface area (Å²) in [6.45, 7) is 13.0. The minimum Gasteiger partial charge on any atom is -0.379 e. The van der Waals surface area contributed by atoms with Gasteiger partial charge in [0.1, 0.15) is 17.5 Å². The highest BCUT2D eigenvalue weighted by Crippen LogP contribution is 2.56. The van der Waals surface area contributed by atoms with Crippen molar-refractivity contribution in [2.75, 3.05) is 13.2 Å². The Kier molecular flexibility index (Phi) is 8.11. The molecule has 0 aromatic heterocycles. The van der Waals surface area contributed by atoms with Crippen LogP contribution in [-0.2, 0) is 14.3 Å². The summed E-state index contributed by atoms with van der Waals surface area (Å²) in [5.41, 5.74) is 1.61. The van der Waals surface area contributed by atoms with Crippen LogP contribution in [-0.4, -0.2) is 58.7 Å². The van der Waals surface area contributed by atoms with Gasteiger partial charge in [0.25, 0.3) is 5.91 Å². The molecule has 0 spiro atoms. The number of thioether (sulfide) groups is 1. The van der Waals surface area contributed by atoms with Gasteiger partial charge in [-0.25, -0.2) is 0 Å². The molecule has 2 aliphatic rings. The number of amides is 3. The maximum absolute atomic E-state index is 13.6. The number of nitrogens with zero attached hydrogens (tertiary/aromatic N) is 1. The van der Waals surface area contributed by atoms with Crippen molar-refractivity contribution in [1.29, 1.82) is 0 Å². The quantitative estimate of drug-likeness (QED) is 0.506. The zero-order valence-corrected chi connectivity index (χ0v) is 21.3. The van der Waals surface area contributed by atoms with Crippen molar-refractivity contribution in [2.24, 2.45) is 5.92 Å². The van der Waals surface area contributed by atoms with Crippen molar-refractivity contribution in [3.8, 4) is 0 Å². The van der Waals surface area contributed by atoms with Crippen molar-refractivity contribution >= 4 is 29.5 Å². The molecule has 0 saturated carbocycles. The van der Waals surface area contributed by atoms with Gasteiger partial charge in [-0.1, -0.05) is 38.5 Å². The van der Waals surface area contributed by atoms with Crippen LogP contribution in [0.25, 0.3) is 0 Å². The zero-order valence-electron chi connectivity index (χ0n) is 20.5. The molecule has 1 aromatic rings. The first-order valence-corrected chi connectivity index (χ1v) is 12.8. The van der Waals surface area contributed by atoms with Crippen LogP contribution in [0.5, 0.6) is 0 Å². The molecular weight excluding hydrogens is 438 g/mol. The van der Waals surface area contributed by atoms with E-state index in [1.54, 1.807) is 16.7 Å². The predicted molar refractivity (Wildman–Crippen MR) is 131 cm³/mol. The lowest BCUT2D eigenvalue weighted by atomic mass is 9.95. The largest absolute Gasteiger partial charge is 0.379 e. The molecule has 3 rings (SSSR count). The van der Waals surface area contributed by atoms with E-state index in [4.69, 9.17) is 4.74 Å². The van der Waals surface area contributed by atoms with Crippen molar-refractivity contribution in [1.82, 2.24) is 15.5 Å². The number of carbonyl (C=O) groups excluding carboxylic acids is 3. The Morgan fingerprint density at radius 1 is 1.21 bits per heavy atom. The third-order valence-corrected chi connectivity index (χ3v) is 7.94. The summed E-state index contributed by atoms with van der Waals surface area (Å²) in [5, 5.41) is 5.75. The third kappa shape index (κ3) is 5.38. The van der Waals surface area contributed by atoms with E-state index in [1.807, 2.05) is 65.8 Å². The smallest absolute Gasteiger partial charge is 0.256 e. The molecular formula is C25H37N3O4S. The van der Waals surface area contributed by atoms with Crippen LogP contribution in [0.1, 0.15) is 75.7 Å². The highest BCUT2D eigenvalue weighted by Gasteiger charge is 2.57. The predicted octanol–water partition coefficient (Wildman–Crippen LogP) is 3.50. The van der Waals surface area contributed by atoms with E-state index < -0.39 is 16.8 Å². The monoisotopic (exact) mass is 475 g/mol. The fourth-order valence-electron chi connectivity index (χ4n) is 4.45. The maximum atomic E-state index is 13.6. The third-order valence-electron chi connectivity index (χ3n) is 6.41. The van der Waals surface area contributed by atoms with Crippen LogP contribution in [0.3, 0.4) is 0 Å². The van der Waals surface area contributed by atoms with Crippen LogP contribution >= 0.6 is 11.8 Å². The summed E-state index contributed by atoms with van der Waals surface area (Å²) in [6, 6.07) is 6.22. The van der Waals surface area contributed by atoms with Crippen molar-refractivity contribution in [2.45, 2.75) is 82.7 Å². The molecule has 2 heterocycles. The lowest BCUT2D eigenvalue weighted by Gasteiger charge is -2.32. The Bertz CT molecular complexity index is 888. The van der Waals surface area contributed by atoms with Gasteiger partial charge in [0.2, 0.25) is 11.8 Å². The molecule has 3 amide bonds. The molecule has 182 valence electrons. The SMILES string of the molecule is CC[C@@H](C)[C@H](NC(=O)[C@@H]1N2C(=O)c3ccccc3[C@H]2SC1(C)C)C(=O)NCCCOC(C)C. The fourth-order valence-corrected chi connectivity index (χ4v) is 6.04. The molecule has 1 fully saturated rings. The summed E-state index contributed by atoms with van der Waals surface area (Å²) in [6.07, 6.45) is 1.61. The summed E-state index contributed by atoms with van der Waals surface area (Å²) in [4.78, 5) is 41.4. The van der Waals surface area contributed by atoms with Gasteiger partial charge in [0.05, 0.1) is 6.10 Å². The zero-order chi connectivity index (χ0) is 24.3. The van der Waals surface area contributed by atoms with Crippen molar-refractivity contribution < 1.29 is 19.1 Å². The van der Waals surface area contributed by atoms with E-state index in [-0.39, 0.29) is 35.1 Å². The lowest BCUT2D eigenvalue weighted by Crippen LogP contribution is -2.58. The minimum atomic E-state index is -0.661. The van der Waals surface area contributed by atoms with Crippen molar-refractivity contribution in [3.05, 3.63) is 35.4 Å². The highest BCUT2D eigenvalue weighted by molar-refractivity contribution is 8.01. The molecule has 8 heteroatoms. The number of hydrogen-bond donors (Lipinski definition) is 2. The summed E-state index contributed by atoms with van der Waals surface area (Å²) in [7, 11) is 0. The Balaban J connectivity index is 1.71. The molecule has 1 saturated heterocycles. The first-order chi connectivity index (χ1) is 15.6. The van der Waals surface area contributed by atoms with E-state index in [2.05, 4.69) is 10.6 Å². The van der Waals surface area contributed by atoms with E-state index in [9.17, 15) is 14.4 Å². The Morgan fingerprint density at radius 2 is 1.91 bits per heavy atom. The first kappa shape index (κ1) is 25.6. The fraction of sp³-hybridized carbons (Fsp3) is 0.640. The number of hydrogen-bond acceptors (Lipinski definition) is 5. The molecule has 7 nitrogen and oxygen atoms in total. The van der Waals surface area contributed by atoms with Crippen LogP contribution in [0.2, 0.25) is 0 Å². The molecule has 2 aliphatic heterocycles. The maximum Gasteiger partial charge on any atom is 0.256 e. The molecule has 0 aliphatic carbocycles. The first-order valence-electron chi connectivity index (χ1n) is 11.9. The second-order valence-electron chi connectivity index (χ2n) is 9.71. The van der Waals surface area contributed by atoms with E-state index >= 15 is 0 Å². The van der Waals surface area contributed by atoms with Gasteiger partial charge in [-0.05, 0) is 51.7 Å². The summed E-state index contributed by atoms with van der Waals surface area (Å²) >= 11 is 1.62. The van der Waals surface area contributed by atoms with E-state index in [1.165, 1.54) is 0 Å². The molecule has 2 N–H and O–H groups in total. The van der Waals surface area contributed by atoms with Gasteiger partial charge < -0.3 is 20.3 Å². The van der Waals surface area contributed by atoms with Gasteiger partial charge in [-0.15, -0.1) is 11.8 Å². The van der Waals surface area contributed by atoms with Gasteiger partial charge >= 0.3 is 0 Å². The standard InChI is InChI=1S/C25H37N3O4S/c1-7-16(4)19(21(29)26-13-10-14-32-15(2)3)27-22(30)20-25(5,6)33-24-18-12-9-8-11-17(18)23(31)28(20)24/h8-9,11-12,15-16,19-20,24H,7,10,13-14H2,1-6H3,(H,26,29)(H,27,30)/t16-,19+,20+,24-/m1/s1. The number of nitrogens with one attached hydrogen (secondary N) is 2. The molecule has 0 bridgehead atoms. The van der Waals surface area contributed by atoms with Gasteiger partial charge in [0.15, 0.2) is 0 Å². The molecule has 33 heavy (non-hydrogen) atoms. The number of fused-ring (bicyclic) bond motifs is 3. The van der Waals surface area contributed by atoms with Gasteiger partial charge in [0, 0.05) is 23.5 Å². The van der Waals surface area contributed by atoms with Crippen LogP contribution in [0.4, 0.5) is 0 Å². The molecule has 0 unspecified atom stereocenters. The highest BCUT2D eigenvalue weighted by atomic mass is 32.2. The van der Waals surface area contributed by atoms with E-state index in [0.717, 1.165) is 12.0 Å². The van der Waals surface area contributed by atoms with E-state index in [0.29, 0.717) is 25.1 Å². The number of carbonyl (C=O) groups is 3. The second kappa shape index (κ2) is 10.5. The molecule has 4 atom stereocenters. The number of benzene rings is 1. The Labute approximate surface area is 201 Å². The Hall–Kier alpha value is -2.06. The minimum absolute atomic E-state index is 0.0414. The van der Waals surface area contributed by atoms with Gasteiger partial charge in [-0.2, -0.15) is 0 Å². The van der Waals surface area contributed by atoms with Crippen LogP contribution < -0.4 is 10.6 Å². The average molecular weight is 476 g/mol. The van der Waals surface area contributed by atoms with Crippen LogP contribution in [0, 0.1) is 5.92 Å². The summed E-state index contributed by atoms with van der Waals surface area (Å²) in [5.74, 6) is -0.637. The summed E-state index contributed by atoms with van der Waals surface area (Å²) < 4.78 is 5.04. The lowest BCUT2D eigenvalue weighted by molar-refractivity contribution is -0.133. The number of rotatable bonds is 10. The molecule has 1 aromatic carbocycles. The van der Waals surface area contributed by atoms with Crippen LogP contribution in [0.15, 0.2) is 24.3 Å². The van der Waals surface area contributed by atoms with Crippen molar-refractivity contribution in [3.63, 3.8) is 0 Å². The van der Waals surface area contributed by atoms with Gasteiger partial charge in [-0.3, -0.25) is 14.4 Å². The Morgan fingerprint density at radius 3 is 2.58 bits per heavy atom.